The Kier molecular flexibility index (Phi) is 4.21. The molecule has 2 aromatic rings. The predicted molar refractivity (Wildman–Crippen MR) is 63.8 cm³/mol. The lowest BCUT2D eigenvalue weighted by molar-refractivity contribution is 0.0945. The second-order valence-electron chi connectivity index (χ2n) is 4.15. The van der Waals surface area contributed by atoms with Crippen molar-refractivity contribution in [3.05, 3.63) is 70.5 Å². The van der Waals surface area contributed by atoms with E-state index in [1.54, 1.807) is 0 Å². The molecule has 0 unspecified atom stereocenters. The van der Waals surface area contributed by atoms with Gasteiger partial charge < -0.3 is 5.32 Å². The Bertz CT molecular complexity index is 702. The summed E-state index contributed by atoms with van der Waals surface area (Å²) in [4.78, 5) is 11.6. The van der Waals surface area contributed by atoms with Gasteiger partial charge in [-0.05, 0) is 29.8 Å². The quantitative estimate of drug-likeness (QED) is 0.684. The van der Waals surface area contributed by atoms with E-state index in [0.29, 0.717) is 6.07 Å². The van der Waals surface area contributed by atoms with Gasteiger partial charge in [0.05, 0.1) is 5.56 Å². The maximum Gasteiger partial charge on any atom is 0.254 e. The Labute approximate surface area is 116 Å². The summed E-state index contributed by atoms with van der Waals surface area (Å²) in [5.41, 5.74) is -0.457. The van der Waals surface area contributed by atoms with Gasteiger partial charge >= 0.3 is 0 Å². The van der Waals surface area contributed by atoms with Crippen molar-refractivity contribution in [2.45, 2.75) is 6.54 Å². The third-order valence-electron chi connectivity index (χ3n) is 2.72. The first-order chi connectivity index (χ1) is 9.90. The maximum absolute atomic E-state index is 13.4. The fourth-order valence-corrected chi connectivity index (χ4v) is 1.63. The van der Waals surface area contributed by atoms with Gasteiger partial charge in [-0.15, -0.1) is 0 Å². The molecule has 1 N–H and O–H groups in total. The Hall–Kier alpha value is -2.44. The first-order valence-electron chi connectivity index (χ1n) is 5.75. The van der Waals surface area contributed by atoms with Crippen LogP contribution >= 0.6 is 0 Å². The van der Waals surface area contributed by atoms with E-state index < -0.39 is 40.6 Å². The van der Waals surface area contributed by atoms with Crippen molar-refractivity contribution in [1.29, 1.82) is 0 Å². The molecule has 0 radical (unpaired) electrons. The van der Waals surface area contributed by atoms with Gasteiger partial charge in [-0.3, -0.25) is 4.79 Å². The fourth-order valence-electron chi connectivity index (χ4n) is 1.63. The Morgan fingerprint density at radius 1 is 0.857 bits per heavy atom. The zero-order valence-electron chi connectivity index (χ0n) is 10.4. The highest BCUT2D eigenvalue weighted by atomic mass is 19.2. The van der Waals surface area contributed by atoms with Gasteiger partial charge in [0.25, 0.3) is 5.91 Å². The summed E-state index contributed by atoms with van der Waals surface area (Å²) in [5, 5.41) is 2.19. The molecule has 2 aromatic carbocycles. The van der Waals surface area contributed by atoms with E-state index in [4.69, 9.17) is 0 Å². The number of amides is 1. The number of carbonyl (C=O) groups excluding carboxylic acids is 1. The molecule has 0 bridgehead atoms. The summed E-state index contributed by atoms with van der Waals surface area (Å²) in [5.74, 6) is -7.92. The zero-order chi connectivity index (χ0) is 15.6. The molecule has 0 spiro atoms. The number of hydrogen-bond acceptors (Lipinski definition) is 1. The van der Waals surface area contributed by atoms with Crippen molar-refractivity contribution in [2.75, 3.05) is 0 Å². The van der Waals surface area contributed by atoms with E-state index in [9.17, 15) is 26.7 Å². The topological polar surface area (TPSA) is 29.1 Å². The van der Waals surface area contributed by atoms with Gasteiger partial charge in [0.1, 0.15) is 0 Å². The average molecular weight is 301 g/mol. The molecule has 0 aliphatic heterocycles. The molecule has 0 aliphatic rings. The highest BCUT2D eigenvalue weighted by Crippen LogP contribution is 2.15. The number of hydrogen-bond donors (Lipinski definition) is 1. The van der Waals surface area contributed by atoms with E-state index in [1.165, 1.54) is 6.07 Å². The summed E-state index contributed by atoms with van der Waals surface area (Å²) in [6.07, 6.45) is 0. The van der Waals surface area contributed by atoms with Gasteiger partial charge in [-0.1, -0.05) is 6.07 Å². The molecule has 0 aromatic heterocycles. The highest BCUT2D eigenvalue weighted by molar-refractivity contribution is 5.94. The SMILES string of the molecule is O=C(NCc1ccc(F)c(F)c1)c1ccc(F)c(F)c1F. The van der Waals surface area contributed by atoms with Crippen LogP contribution in [0.3, 0.4) is 0 Å². The van der Waals surface area contributed by atoms with Gasteiger partial charge in [0.2, 0.25) is 0 Å². The van der Waals surface area contributed by atoms with E-state index in [0.717, 1.165) is 18.2 Å². The van der Waals surface area contributed by atoms with Crippen LogP contribution in [0.25, 0.3) is 0 Å². The van der Waals surface area contributed by atoms with Crippen molar-refractivity contribution < 1.29 is 26.7 Å². The second kappa shape index (κ2) is 5.90. The van der Waals surface area contributed by atoms with Crippen molar-refractivity contribution in [1.82, 2.24) is 5.32 Å². The third-order valence-corrected chi connectivity index (χ3v) is 2.72. The largest absolute Gasteiger partial charge is 0.348 e. The van der Waals surface area contributed by atoms with Crippen molar-refractivity contribution in [3.8, 4) is 0 Å². The number of benzene rings is 2. The lowest BCUT2D eigenvalue weighted by atomic mass is 10.1. The minimum absolute atomic E-state index is 0.227. The predicted octanol–water partition coefficient (Wildman–Crippen LogP) is 3.31. The minimum atomic E-state index is -1.75. The van der Waals surface area contributed by atoms with Crippen LogP contribution in [-0.4, -0.2) is 5.91 Å². The van der Waals surface area contributed by atoms with Gasteiger partial charge in [-0.25, -0.2) is 22.0 Å². The lowest BCUT2D eigenvalue weighted by Gasteiger charge is -2.07. The van der Waals surface area contributed by atoms with Crippen LogP contribution in [-0.2, 0) is 6.54 Å². The van der Waals surface area contributed by atoms with Crippen LogP contribution < -0.4 is 5.32 Å². The molecule has 110 valence electrons. The van der Waals surface area contributed by atoms with Crippen LogP contribution in [0.4, 0.5) is 22.0 Å². The summed E-state index contributed by atoms with van der Waals surface area (Å²) in [6, 6.07) is 4.35. The Morgan fingerprint density at radius 2 is 1.52 bits per heavy atom. The zero-order valence-corrected chi connectivity index (χ0v) is 10.4. The van der Waals surface area contributed by atoms with E-state index in [-0.39, 0.29) is 12.1 Å². The van der Waals surface area contributed by atoms with Crippen LogP contribution in [0, 0.1) is 29.1 Å². The van der Waals surface area contributed by atoms with Crippen molar-refractivity contribution in [2.24, 2.45) is 0 Å². The van der Waals surface area contributed by atoms with Crippen molar-refractivity contribution in [3.63, 3.8) is 0 Å². The number of rotatable bonds is 3. The first kappa shape index (κ1) is 15.0. The summed E-state index contributed by atoms with van der Waals surface area (Å²) < 4.78 is 64.8. The number of halogens is 5. The van der Waals surface area contributed by atoms with Gasteiger partial charge in [-0.2, -0.15) is 0 Å². The normalized spacial score (nSPS) is 10.5. The smallest absolute Gasteiger partial charge is 0.254 e. The molecule has 2 nitrogen and oxygen atoms in total. The van der Waals surface area contributed by atoms with Crippen LogP contribution in [0.1, 0.15) is 15.9 Å². The highest BCUT2D eigenvalue weighted by Gasteiger charge is 2.18. The van der Waals surface area contributed by atoms with E-state index in [1.807, 2.05) is 0 Å². The molecule has 1 amide bonds. The minimum Gasteiger partial charge on any atom is -0.348 e. The van der Waals surface area contributed by atoms with E-state index in [2.05, 4.69) is 5.32 Å². The van der Waals surface area contributed by atoms with Crippen molar-refractivity contribution >= 4 is 5.91 Å². The molecule has 0 aliphatic carbocycles. The number of nitrogens with one attached hydrogen (secondary N) is 1. The molecule has 2 rings (SSSR count). The molecule has 0 atom stereocenters. The molecule has 21 heavy (non-hydrogen) atoms. The number of carbonyl (C=O) groups is 1. The molecule has 0 fully saturated rings. The molecular formula is C14H8F5NO. The first-order valence-corrected chi connectivity index (χ1v) is 5.75. The molecule has 7 heteroatoms. The van der Waals surface area contributed by atoms with E-state index >= 15 is 0 Å². The lowest BCUT2D eigenvalue weighted by Crippen LogP contribution is -2.24. The molecule has 0 heterocycles. The van der Waals surface area contributed by atoms with Crippen LogP contribution in [0.2, 0.25) is 0 Å². The van der Waals surface area contributed by atoms with Crippen LogP contribution in [0.15, 0.2) is 30.3 Å². The Balaban J connectivity index is 2.12. The maximum atomic E-state index is 13.4. The standard InChI is InChI=1S/C14H8F5NO/c15-9-3-1-7(5-11(9)17)6-20-14(21)8-2-4-10(16)13(19)12(8)18/h1-5H,6H2,(H,20,21). The van der Waals surface area contributed by atoms with Gasteiger partial charge in [0.15, 0.2) is 29.1 Å². The Morgan fingerprint density at radius 3 is 2.19 bits per heavy atom. The van der Waals surface area contributed by atoms with Gasteiger partial charge in [0, 0.05) is 6.54 Å². The molecule has 0 saturated carbocycles. The molecular weight excluding hydrogens is 293 g/mol. The van der Waals surface area contributed by atoms with Crippen LogP contribution in [0.5, 0.6) is 0 Å². The summed E-state index contributed by atoms with van der Waals surface area (Å²) in [6.45, 7) is -0.228. The second-order valence-corrected chi connectivity index (χ2v) is 4.15. The fraction of sp³-hybridized carbons (Fsp3) is 0.0714. The third kappa shape index (κ3) is 3.18. The average Bonchev–Trinajstić information content (AvgIpc) is 2.46. The molecule has 0 saturated heterocycles. The monoisotopic (exact) mass is 301 g/mol. The summed E-state index contributed by atoms with van der Waals surface area (Å²) in [7, 11) is 0. The summed E-state index contributed by atoms with van der Waals surface area (Å²) >= 11 is 0.